The number of aliphatic carboxylic acids is 1. The van der Waals surface area contributed by atoms with E-state index in [1.54, 1.807) is 0 Å². The molecule has 2 unspecified atom stereocenters. The Morgan fingerprint density at radius 1 is 1.58 bits per heavy atom. The Kier molecular flexibility index (Phi) is 2.45. The molecule has 2 nitrogen and oxygen atoms in total. The van der Waals surface area contributed by atoms with Crippen molar-refractivity contribution in [2.45, 2.75) is 40.0 Å². The van der Waals surface area contributed by atoms with Gasteiger partial charge in [-0.1, -0.05) is 20.8 Å². The molecule has 1 fully saturated rings. The quantitative estimate of drug-likeness (QED) is 0.691. The lowest BCUT2D eigenvalue weighted by molar-refractivity contribution is -0.138. The predicted molar refractivity (Wildman–Crippen MR) is 47.9 cm³/mol. The summed E-state index contributed by atoms with van der Waals surface area (Å²) >= 11 is 0. The van der Waals surface area contributed by atoms with Crippen molar-refractivity contribution in [3.05, 3.63) is 0 Å². The fourth-order valence-corrected chi connectivity index (χ4v) is 2.52. The van der Waals surface area contributed by atoms with Gasteiger partial charge in [-0.05, 0) is 30.1 Å². The fraction of sp³-hybridized carbons (Fsp3) is 0.900. The first kappa shape index (κ1) is 9.56. The maximum absolute atomic E-state index is 10.5. The average molecular weight is 170 g/mol. The van der Waals surface area contributed by atoms with Crippen molar-refractivity contribution in [1.29, 1.82) is 0 Å². The molecule has 12 heavy (non-hydrogen) atoms. The molecule has 0 spiro atoms. The molecule has 0 amide bonds. The van der Waals surface area contributed by atoms with E-state index in [2.05, 4.69) is 20.8 Å². The summed E-state index contributed by atoms with van der Waals surface area (Å²) in [6.45, 7) is 6.58. The van der Waals surface area contributed by atoms with Crippen molar-refractivity contribution in [1.82, 2.24) is 0 Å². The van der Waals surface area contributed by atoms with Gasteiger partial charge in [-0.3, -0.25) is 4.79 Å². The van der Waals surface area contributed by atoms with Gasteiger partial charge in [0.05, 0.1) is 0 Å². The molecule has 0 aliphatic heterocycles. The van der Waals surface area contributed by atoms with E-state index < -0.39 is 5.97 Å². The van der Waals surface area contributed by atoms with E-state index >= 15 is 0 Å². The molecule has 70 valence electrons. The van der Waals surface area contributed by atoms with E-state index in [1.165, 1.54) is 6.42 Å². The summed E-state index contributed by atoms with van der Waals surface area (Å²) in [4.78, 5) is 10.5. The molecular formula is C10H18O2. The van der Waals surface area contributed by atoms with Crippen molar-refractivity contribution >= 4 is 5.97 Å². The molecule has 0 aromatic heterocycles. The number of hydrogen-bond acceptors (Lipinski definition) is 1. The van der Waals surface area contributed by atoms with Crippen LogP contribution in [0, 0.1) is 17.3 Å². The molecule has 0 bridgehead atoms. The summed E-state index contributed by atoms with van der Waals surface area (Å²) in [5.41, 5.74) is 0.234. The largest absolute Gasteiger partial charge is 0.481 e. The van der Waals surface area contributed by atoms with Gasteiger partial charge >= 0.3 is 5.97 Å². The number of carboxylic acids is 1. The van der Waals surface area contributed by atoms with E-state index in [9.17, 15) is 4.79 Å². The van der Waals surface area contributed by atoms with Crippen LogP contribution in [0.1, 0.15) is 40.0 Å². The smallest absolute Gasteiger partial charge is 0.303 e. The number of hydrogen-bond donors (Lipinski definition) is 1. The molecule has 0 heterocycles. The van der Waals surface area contributed by atoms with Crippen LogP contribution in [0.25, 0.3) is 0 Å². The maximum atomic E-state index is 10.5. The van der Waals surface area contributed by atoms with Crippen LogP contribution in [0.4, 0.5) is 0 Å². The maximum Gasteiger partial charge on any atom is 0.303 e. The highest BCUT2D eigenvalue weighted by molar-refractivity contribution is 5.67. The third kappa shape index (κ3) is 1.99. The summed E-state index contributed by atoms with van der Waals surface area (Å²) in [6, 6.07) is 0. The lowest BCUT2D eigenvalue weighted by Gasteiger charge is -2.25. The minimum atomic E-state index is -0.651. The van der Waals surface area contributed by atoms with Gasteiger partial charge < -0.3 is 5.11 Å². The van der Waals surface area contributed by atoms with Gasteiger partial charge in [0.15, 0.2) is 0 Å². The van der Waals surface area contributed by atoms with Crippen LogP contribution in [0.5, 0.6) is 0 Å². The molecular weight excluding hydrogens is 152 g/mol. The second-order valence-corrected chi connectivity index (χ2v) is 4.83. The number of carbonyl (C=O) groups is 1. The Morgan fingerprint density at radius 2 is 2.17 bits per heavy atom. The van der Waals surface area contributed by atoms with Crippen molar-refractivity contribution < 1.29 is 9.90 Å². The van der Waals surface area contributed by atoms with Crippen LogP contribution in [-0.4, -0.2) is 11.1 Å². The number of carboxylic acid groups (broad SMARTS) is 1. The monoisotopic (exact) mass is 170 g/mol. The first-order valence-electron chi connectivity index (χ1n) is 4.63. The second-order valence-electron chi connectivity index (χ2n) is 4.83. The van der Waals surface area contributed by atoms with Gasteiger partial charge in [0, 0.05) is 6.42 Å². The van der Waals surface area contributed by atoms with Crippen LogP contribution >= 0.6 is 0 Å². The van der Waals surface area contributed by atoms with E-state index in [0.29, 0.717) is 18.3 Å². The van der Waals surface area contributed by atoms with Gasteiger partial charge in [0.2, 0.25) is 0 Å². The van der Waals surface area contributed by atoms with Crippen LogP contribution in [-0.2, 0) is 4.79 Å². The highest BCUT2D eigenvalue weighted by Crippen LogP contribution is 2.47. The zero-order valence-electron chi connectivity index (χ0n) is 8.13. The Morgan fingerprint density at radius 3 is 2.50 bits per heavy atom. The standard InChI is InChI=1S/C10H18O2/c1-7-4-8(5-9(11)12)10(2,3)6-7/h7-8H,4-6H2,1-3H3,(H,11,12). The molecule has 2 heteroatoms. The molecule has 1 aliphatic rings. The zero-order chi connectivity index (χ0) is 9.35. The van der Waals surface area contributed by atoms with Gasteiger partial charge in [0.1, 0.15) is 0 Å². The molecule has 1 N–H and O–H groups in total. The Labute approximate surface area is 74.0 Å². The Balaban J connectivity index is 2.59. The van der Waals surface area contributed by atoms with Crippen LogP contribution < -0.4 is 0 Å². The Bertz CT molecular complexity index is 184. The highest BCUT2D eigenvalue weighted by Gasteiger charge is 2.39. The van der Waals surface area contributed by atoms with Crippen molar-refractivity contribution in [2.24, 2.45) is 17.3 Å². The molecule has 1 aliphatic carbocycles. The summed E-state index contributed by atoms with van der Waals surface area (Å²) in [7, 11) is 0. The van der Waals surface area contributed by atoms with E-state index in [0.717, 1.165) is 6.42 Å². The first-order valence-corrected chi connectivity index (χ1v) is 4.63. The van der Waals surface area contributed by atoms with E-state index in [-0.39, 0.29) is 5.41 Å². The summed E-state index contributed by atoms with van der Waals surface area (Å²) in [6.07, 6.45) is 2.60. The van der Waals surface area contributed by atoms with E-state index in [4.69, 9.17) is 5.11 Å². The van der Waals surface area contributed by atoms with Gasteiger partial charge in [-0.2, -0.15) is 0 Å². The second kappa shape index (κ2) is 3.08. The molecule has 0 radical (unpaired) electrons. The minimum absolute atomic E-state index is 0.234. The normalized spacial score (nSPS) is 33.6. The van der Waals surface area contributed by atoms with Crippen molar-refractivity contribution in [3.63, 3.8) is 0 Å². The highest BCUT2D eigenvalue weighted by atomic mass is 16.4. The molecule has 0 aromatic rings. The van der Waals surface area contributed by atoms with Crippen molar-refractivity contribution in [2.75, 3.05) is 0 Å². The van der Waals surface area contributed by atoms with Gasteiger partial charge in [-0.15, -0.1) is 0 Å². The minimum Gasteiger partial charge on any atom is -0.481 e. The van der Waals surface area contributed by atoms with E-state index in [1.807, 2.05) is 0 Å². The van der Waals surface area contributed by atoms with Crippen LogP contribution in [0.3, 0.4) is 0 Å². The summed E-state index contributed by atoms with van der Waals surface area (Å²) < 4.78 is 0. The molecule has 0 aromatic carbocycles. The van der Waals surface area contributed by atoms with Gasteiger partial charge in [0.25, 0.3) is 0 Å². The zero-order valence-corrected chi connectivity index (χ0v) is 8.13. The SMILES string of the molecule is CC1CC(CC(=O)O)C(C)(C)C1. The summed E-state index contributed by atoms with van der Waals surface area (Å²) in [5, 5.41) is 8.69. The topological polar surface area (TPSA) is 37.3 Å². The average Bonchev–Trinajstić information content (AvgIpc) is 2.04. The van der Waals surface area contributed by atoms with Crippen LogP contribution in [0.2, 0.25) is 0 Å². The third-order valence-corrected chi connectivity index (χ3v) is 3.09. The third-order valence-electron chi connectivity index (χ3n) is 3.09. The molecule has 1 rings (SSSR count). The summed E-state index contributed by atoms with van der Waals surface area (Å²) in [5.74, 6) is 0.427. The Hall–Kier alpha value is -0.530. The first-order chi connectivity index (χ1) is 5.42. The van der Waals surface area contributed by atoms with Crippen LogP contribution in [0.15, 0.2) is 0 Å². The predicted octanol–water partition coefficient (Wildman–Crippen LogP) is 2.53. The van der Waals surface area contributed by atoms with Crippen molar-refractivity contribution in [3.8, 4) is 0 Å². The lowest BCUT2D eigenvalue weighted by Crippen LogP contribution is -2.20. The molecule has 2 atom stereocenters. The molecule has 1 saturated carbocycles. The number of rotatable bonds is 2. The van der Waals surface area contributed by atoms with Gasteiger partial charge in [-0.25, -0.2) is 0 Å². The molecule has 0 saturated heterocycles. The fourth-order valence-electron chi connectivity index (χ4n) is 2.52. The lowest BCUT2D eigenvalue weighted by atomic mass is 9.80.